The molecule has 0 aliphatic rings. The Hall–Kier alpha value is -1.63. The fourth-order valence-corrected chi connectivity index (χ4v) is 2.25. The highest BCUT2D eigenvalue weighted by molar-refractivity contribution is 9.09. The number of benzene rings is 1. The lowest BCUT2D eigenvalue weighted by Crippen LogP contribution is -2.02. The van der Waals surface area contributed by atoms with Gasteiger partial charge in [-0.25, -0.2) is 23.1 Å². The summed E-state index contributed by atoms with van der Waals surface area (Å²) in [6.45, 7) is 0. The van der Waals surface area contributed by atoms with E-state index in [4.69, 9.17) is 4.74 Å². The molecule has 0 amide bonds. The normalized spacial score (nSPS) is 12.2. The van der Waals surface area contributed by atoms with E-state index < -0.39 is 22.3 Å². The van der Waals surface area contributed by atoms with Gasteiger partial charge >= 0.3 is 0 Å². The van der Waals surface area contributed by atoms with Crippen molar-refractivity contribution >= 4 is 15.9 Å². The van der Waals surface area contributed by atoms with Crippen LogP contribution in [0.1, 0.15) is 16.1 Å². The van der Waals surface area contributed by atoms with Gasteiger partial charge in [-0.05, 0) is 17.7 Å². The van der Waals surface area contributed by atoms with Crippen molar-refractivity contribution in [3.05, 3.63) is 53.2 Å². The molecule has 106 valence electrons. The van der Waals surface area contributed by atoms with Crippen molar-refractivity contribution < 1.29 is 17.9 Å². The quantitative estimate of drug-likeness (QED) is 0.626. The van der Waals surface area contributed by atoms with E-state index in [1.54, 1.807) is 6.07 Å². The van der Waals surface area contributed by atoms with Gasteiger partial charge in [0.2, 0.25) is 5.88 Å². The number of hydrogen-bond donors (Lipinski definition) is 0. The zero-order valence-corrected chi connectivity index (χ0v) is 12.0. The third-order valence-corrected chi connectivity index (χ3v) is 3.52. The van der Waals surface area contributed by atoms with Crippen LogP contribution in [0.3, 0.4) is 0 Å². The highest BCUT2D eigenvalue weighted by Gasteiger charge is 2.16. The van der Waals surface area contributed by atoms with E-state index in [9.17, 15) is 13.2 Å². The van der Waals surface area contributed by atoms with Gasteiger partial charge in [0.25, 0.3) is 0 Å². The van der Waals surface area contributed by atoms with Crippen LogP contribution in [-0.2, 0) is 6.42 Å². The minimum atomic E-state index is -1.47. The molecule has 0 aliphatic carbocycles. The Morgan fingerprint density at radius 3 is 2.40 bits per heavy atom. The summed E-state index contributed by atoms with van der Waals surface area (Å²) in [6, 6.07) is 3.52. The Morgan fingerprint density at radius 2 is 1.80 bits per heavy atom. The van der Waals surface area contributed by atoms with Gasteiger partial charge in [-0.2, -0.15) is 0 Å². The highest BCUT2D eigenvalue weighted by Crippen LogP contribution is 2.29. The molecule has 2 aromatic rings. The lowest BCUT2D eigenvalue weighted by atomic mass is 10.1. The van der Waals surface area contributed by atoms with Crippen LogP contribution >= 0.6 is 15.9 Å². The molecule has 1 unspecified atom stereocenters. The molecule has 2 rings (SSSR count). The van der Waals surface area contributed by atoms with Gasteiger partial charge < -0.3 is 4.74 Å². The number of rotatable bonds is 4. The summed E-state index contributed by atoms with van der Waals surface area (Å²) < 4.78 is 44.2. The first-order chi connectivity index (χ1) is 9.51. The number of halogens is 4. The van der Waals surface area contributed by atoms with Crippen molar-refractivity contribution in [2.24, 2.45) is 0 Å². The molecule has 7 heteroatoms. The number of aromatic nitrogens is 2. The van der Waals surface area contributed by atoms with Crippen LogP contribution in [0, 0.1) is 17.5 Å². The van der Waals surface area contributed by atoms with Crippen molar-refractivity contribution in [3.63, 3.8) is 0 Å². The maximum absolute atomic E-state index is 13.2. The van der Waals surface area contributed by atoms with Crippen LogP contribution in [0.5, 0.6) is 5.88 Å². The average Bonchev–Trinajstić information content (AvgIpc) is 2.44. The second-order valence-electron chi connectivity index (χ2n) is 4.02. The Labute approximate surface area is 122 Å². The third-order valence-electron chi connectivity index (χ3n) is 2.66. The molecule has 1 aromatic carbocycles. The van der Waals surface area contributed by atoms with Gasteiger partial charge in [-0.3, -0.25) is 0 Å². The highest BCUT2D eigenvalue weighted by atomic mass is 79.9. The number of ether oxygens (including phenoxy) is 1. The largest absolute Gasteiger partial charge is 0.481 e. The van der Waals surface area contributed by atoms with Gasteiger partial charge in [-0.1, -0.05) is 15.9 Å². The van der Waals surface area contributed by atoms with E-state index in [1.165, 1.54) is 13.4 Å². The zero-order chi connectivity index (χ0) is 14.7. The van der Waals surface area contributed by atoms with Gasteiger partial charge in [0.15, 0.2) is 17.5 Å². The molecule has 1 heterocycles. The average molecular weight is 347 g/mol. The number of nitrogens with zero attached hydrogens (tertiary/aromatic N) is 2. The van der Waals surface area contributed by atoms with Crippen LogP contribution in [0.2, 0.25) is 0 Å². The number of alkyl halides is 1. The number of hydrogen-bond acceptors (Lipinski definition) is 3. The topological polar surface area (TPSA) is 35.0 Å². The van der Waals surface area contributed by atoms with E-state index in [2.05, 4.69) is 25.9 Å². The van der Waals surface area contributed by atoms with Gasteiger partial charge in [0.1, 0.15) is 6.33 Å². The standard InChI is InChI=1S/C13H10BrF3N2O/c1-20-12-5-8(18-6-19-12)4-9(14)7-2-10(15)13(17)11(16)3-7/h2-3,5-6,9H,4H2,1H3. The molecular formula is C13H10BrF3N2O. The second-order valence-corrected chi connectivity index (χ2v) is 5.13. The minimum absolute atomic E-state index is 0.291. The molecule has 0 aliphatic heterocycles. The predicted octanol–water partition coefficient (Wildman–Crippen LogP) is 3.58. The molecule has 0 N–H and O–H groups in total. The monoisotopic (exact) mass is 346 g/mol. The molecular weight excluding hydrogens is 337 g/mol. The first-order valence-corrected chi connectivity index (χ1v) is 6.56. The predicted molar refractivity (Wildman–Crippen MR) is 70.3 cm³/mol. The summed E-state index contributed by atoms with van der Waals surface area (Å²) in [7, 11) is 1.47. The fourth-order valence-electron chi connectivity index (χ4n) is 1.66. The molecule has 0 saturated carbocycles. The molecule has 0 bridgehead atoms. The summed E-state index contributed by atoms with van der Waals surface area (Å²) in [4.78, 5) is 7.48. The minimum Gasteiger partial charge on any atom is -0.481 e. The Balaban J connectivity index is 2.21. The van der Waals surface area contributed by atoms with Crippen LogP contribution < -0.4 is 4.74 Å². The van der Waals surface area contributed by atoms with Crippen molar-refractivity contribution in [2.75, 3.05) is 7.11 Å². The Bertz CT molecular complexity index is 601. The van der Waals surface area contributed by atoms with Gasteiger partial charge in [0.05, 0.1) is 7.11 Å². The summed E-state index contributed by atoms with van der Waals surface area (Å²) in [5.74, 6) is -3.52. The lowest BCUT2D eigenvalue weighted by Gasteiger charge is -2.11. The van der Waals surface area contributed by atoms with Crippen LogP contribution in [-0.4, -0.2) is 17.1 Å². The van der Waals surface area contributed by atoms with E-state index in [1.807, 2.05) is 0 Å². The Kier molecular flexibility index (Phi) is 4.59. The molecule has 1 atom stereocenters. The summed E-state index contributed by atoms with van der Waals surface area (Å²) in [6.07, 6.45) is 1.68. The smallest absolute Gasteiger partial charge is 0.216 e. The fraction of sp³-hybridized carbons (Fsp3) is 0.231. The van der Waals surface area contributed by atoms with Crippen LogP contribution in [0.15, 0.2) is 24.5 Å². The van der Waals surface area contributed by atoms with Gasteiger partial charge in [-0.15, -0.1) is 0 Å². The third kappa shape index (κ3) is 3.27. The maximum atomic E-state index is 13.2. The van der Waals surface area contributed by atoms with Crippen molar-refractivity contribution in [1.29, 1.82) is 0 Å². The number of methoxy groups -OCH3 is 1. The van der Waals surface area contributed by atoms with Crippen molar-refractivity contribution in [2.45, 2.75) is 11.2 Å². The van der Waals surface area contributed by atoms with Crippen LogP contribution in [0.25, 0.3) is 0 Å². The van der Waals surface area contributed by atoms with E-state index in [0.29, 0.717) is 23.6 Å². The van der Waals surface area contributed by atoms with Crippen LogP contribution in [0.4, 0.5) is 13.2 Å². The molecule has 1 aromatic heterocycles. The first kappa shape index (κ1) is 14.8. The molecule has 3 nitrogen and oxygen atoms in total. The van der Waals surface area contributed by atoms with Crippen molar-refractivity contribution in [3.8, 4) is 5.88 Å². The van der Waals surface area contributed by atoms with E-state index in [-0.39, 0.29) is 0 Å². The molecule has 20 heavy (non-hydrogen) atoms. The van der Waals surface area contributed by atoms with Crippen molar-refractivity contribution in [1.82, 2.24) is 9.97 Å². The first-order valence-electron chi connectivity index (χ1n) is 5.64. The zero-order valence-electron chi connectivity index (χ0n) is 10.4. The molecule has 0 saturated heterocycles. The summed E-state index contributed by atoms with van der Waals surface area (Å²) in [5, 5.41) is 0. The lowest BCUT2D eigenvalue weighted by molar-refractivity contribution is 0.396. The van der Waals surface area contributed by atoms with Gasteiger partial charge in [0, 0.05) is 23.0 Å². The maximum Gasteiger partial charge on any atom is 0.216 e. The Morgan fingerprint density at radius 1 is 1.15 bits per heavy atom. The summed E-state index contributed by atoms with van der Waals surface area (Å²) in [5.41, 5.74) is 0.919. The van der Waals surface area contributed by atoms with E-state index >= 15 is 0 Å². The molecule has 0 fully saturated rings. The van der Waals surface area contributed by atoms with E-state index in [0.717, 1.165) is 12.1 Å². The second kappa shape index (κ2) is 6.21. The molecule has 0 spiro atoms. The molecule has 0 radical (unpaired) electrons. The SMILES string of the molecule is COc1cc(CC(Br)c2cc(F)c(F)c(F)c2)ncn1. The summed E-state index contributed by atoms with van der Waals surface area (Å²) >= 11 is 3.31.